The zero-order valence-electron chi connectivity index (χ0n) is 18.4. The molecule has 0 amide bonds. The van der Waals surface area contributed by atoms with E-state index in [4.69, 9.17) is 17.3 Å². The van der Waals surface area contributed by atoms with Crippen LogP contribution in [0.2, 0.25) is 5.02 Å². The molecule has 1 aromatic carbocycles. The Morgan fingerprint density at radius 3 is 2.38 bits per heavy atom. The van der Waals surface area contributed by atoms with Crippen molar-refractivity contribution < 1.29 is 4.79 Å². The van der Waals surface area contributed by atoms with Gasteiger partial charge in [0, 0.05) is 24.8 Å². The molecule has 2 heterocycles. The number of benzene rings is 1. The van der Waals surface area contributed by atoms with Crippen LogP contribution in [0.4, 0.5) is 5.82 Å². The number of carbonyl (C=O) groups is 1. The zero-order valence-corrected chi connectivity index (χ0v) is 19.9. The average molecular weight is 478 g/mol. The van der Waals surface area contributed by atoms with Gasteiger partial charge in [-0.2, -0.15) is 0 Å². The van der Waals surface area contributed by atoms with Gasteiger partial charge in [0.25, 0.3) is 5.56 Å². The number of halogens is 1. The monoisotopic (exact) mass is 477 g/mol. The predicted molar refractivity (Wildman–Crippen MR) is 125 cm³/mol. The minimum atomic E-state index is -0.725. The normalized spacial score (nSPS) is 12.3. The van der Waals surface area contributed by atoms with Crippen LogP contribution >= 0.6 is 23.4 Å². The lowest BCUT2D eigenvalue weighted by molar-refractivity contribution is 0.102. The van der Waals surface area contributed by atoms with E-state index >= 15 is 0 Å². The number of nitrogens with zero attached hydrogens (tertiary/aromatic N) is 6. The van der Waals surface area contributed by atoms with Gasteiger partial charge in [0.2, 0.25) is 0 Å². The Morgan fingerprint density at radius 2 is 1.78 bits per heavy atom. The summed E-state index contributed by atoms with van der Waals surface area (Å²) in [6.07, 6.45) is 0. The fourth-order valence-electron chi connectivity index (χ4n) is 3.03. The highest BCUT2D eigenvalue weighted by Gasteiger charge is 2.24. The first-order valence-corrected chi connectivity index (χ1v) is 11.0. The molecule has 170 valence electrons. The van der Waals surface area contributed by atoms with Crippen molar-refractivity contribution in [1.29, 1.82) is 0 Å². The quantitative estimate of drug-likeness (QED) is 0.401. The number of nitrogens with two attached hydrogens (primary N) is 1. The third kappa shape index (κ3) is 4.36. The van der Waals surface area contributed by atoms with Gasteiger partial charge in [0.1, 0.15) is 11.4 Å². The molecule has 0 unspecified atom stereocenters. The van der Waals surface area contributed by atoms with E-state index in [1.807, 2.05) is 42.6 Å². The van der Waals surface area contributed by atoms with Crippen LogP contribution in [0, 0.1) is 0 Å². The Hall–Kier alpha value is -2.89. The van der Waals surface area contributed by atoms with Crippen molar-refractivity contribution in [2.45, 2.75) is 18.1 Å². The van der Waals surface area contributed by atoms with Crippen LogP contribution in [-0.2, 0) is 14.1 Å². The summed E-state index contributed by atoms with van der Waals surface area (Å²) in [7, 11) is 6.58. The van der Waals surface area contributed by atoms with Crippen molar-refractivity contribution in [1.82, 2.24) is 28.8 Å². The van der Waals surface area contributed by atoms with Crippen molar-refractivity contribution in [2.24, 2.45) is 14.1 Å². The number of hydrogen-bond donors (Lipinski definition) is 1. The lowest BCUT2D eigenvalue weighted by atomic mass is 10.2. The maximum atomic E-state index is 12.9. The van der Waals surface area contributed by atoms with Crippen LogP contribution in [0.5, 0.6) is 0 Å². The highest BCUT2D eigenvalue weighted by Crippen LogP contribution is 2.28. The van der Waals surface area contributed by atoms with E-state index in [0.29, 0.717) is 16.0 Å². The molecule has 0 aliphatic heterocycles. The van der Waals surface area contributed by atoms with E-state index in [1.165, 1.54) is 14.1 Å². The van der Waals surface area contributed by atoms with Gasteiger partial charge in [0.15, 0.2) is 16.8 Å². The lowest BCUT2D eigenvalue weighted by Gasteiger charge is -2.20. The molecule has 10 nitrogen and oxygen atoms in total. The smallest absolute Gasteiger partial charge is 0.332 e. The average Bonchev–Trinajstić information content (AvgIpc) is 3.18. The minimum absolute atomic E-state index is 0.0604. The first-order chi connectivity index (χ1) is 15.0. The molecule has 0 fully saturated rings. The van der Waals surface area contributed by atoms with Gasteiger partial charge in [-0.25, -0.2) is 4.79 Å². The number of thioether (sulfide) groups is 1. The molecule has 12 heteroatoms. The van der Waals surface area contributed by atoms with Crippen molar-refractivity contribution in [3.05, 3.63) is 61.5 Å². The van der Waals surface area contributed by atoms with Crippen molar-refractivity contribution >= 4 is 35.0 Å². The third-order valence-corrected chi connectivity index (χ3v) is 6.39. The standard InChI is InChI=1S/C20H24ClN7O3S/c1-11(25(2)3)17-23-24-19(28(17)13-8-6-12(21)7-9-13)32-10-14(29)15-16(22)26(4)20(31)27(5)18(15)30/h6-9,11H,10,22H2,1-5H3/t11-/m1/s1. The second kappa shape index (κ2) is 9.31. The Labute approximate surface area is 193 Å². The number of Topliss-reactive ketones (excluding diaryl/α,β-unsaturated/α-hetero) is 1. The Bertz CT molecular complexity index is 1280. The van der Waals surface area contributed by atoms with Crippen molar-refractivity contribution in [2.75, 3.05) is 25.6 Å². The minimum Gasteiger partial charge on any atom is -0.384 e. The second-order valence-electron chi connectivity index (χ2n) is 7.47. The van der Waals surface area contributed by atoms with Crippen LogP contribution in [0.1, 0.15) is 29.1 Å². The van der Waals surface area contributed by atoms with E-state index < -0.39 is 17.0 Å². The van der Waals surface area contributed by atoms with Gasteiger partial charge < -0.3 is 5.73 Å². The number of nitrogen functional groups attached to an aromatic ring is 1. The largest absolute Gasteiger partial charge is 0.384 e. The number of hydrogen-bond acceptors (Lipinski definition) is 8. The zero-order chi connectivity index (χ0) is 23.7. The molecule has 3 aromatic rings. The summed E-state index contributed by atoms with van der Waals surface area (Å²) in [5.41, 5.74) is 5.15. The molecule has 0 aliphatic carbocycles. The summed E-state index contributed by atoms with van der Waals surface area (Å²) in [4.78, 5) is 39.4. The van der Waals surface area contributed by atoms with Gasteiger partial charge in [-0.1, -0.05) is 23.4 Å². The van der Waals surface area contributed by atoms with Crippen molar-refractivity contribution in [3.63, 3.8) is 0 Å². The summed E-state index contributed by atoms with van der Waals surface area (Å²) in [6.45, 7) is 1.99. The van der Waals surface area contributed by atoms with E-state index in [1.54, 1.807) is 12.1 Å². The molecule has 1 atom stereocenters. The summed E-state index contributed by atoms with van der Waals surface area (Å²) < 4.78 is 3.79. The van der Waals surface area contributed by atoms with Gasteiger partial charge in [-0.15, -0.1) is 10.2 Å². The van der Waals surface area contributed by atoms with Crippen LogP contribution < -0.4 is 17.0 Å². The highest BCUT2D eigenvalue weighted by molar-refractivity contribution is 7.99. The van der Waals surface area contributed by atoms with E-state index in [0.717, 1.165) is 26.6 Å². The Morgan fingerprint density at radius 1 is 1.16 bits per heavy atom. The van der Waals surface area contributed by atoms with Crippen LogP contribution in [0.25, 0.3) is 5.69 Å². The molecule has 0 radical (unpaired) electrons. The molecule has 32 heavy (non-hydrogen) atoms. The van der Waals surface area contributed by atoms with Gasteiger partial charge in [-0.05, 0) is 45.3 Å². The molecular formula is C20H24ClN7O3S. The fourth-order valence-corrected chi connectivity index (χ4v) is 3.99. The lowest BCUT2D eigenvalue weighted by Crippen LogP contribution is -2.41. The number of carbonyl (C=O) groups excluding carboxylic acids is 1. The van der Waals surface area contributed by atoms with E-state index in [-0.39, 0.29) is 23.2 Å². The second-order valence-corrected chi connectivity index (χ2v) is 8.85. The van der Waals surface area contributed by atoms with Crippen LogP contribution in [0.3, 0.4) is 0 Å². The maximum absolute atomic E-state index is 12.9. The third-order valence-electron chi connectivity index (χ3n) is 5.21. The molecule has 2 N–H and O–H groups in total. The highest BCUT2D eigenvalue weighted by atomic mass is 35.5. The Kier molecular flexibility index (Phi) is 6.91. The Balaban J connectivity index is 1.99. The van der Waals surface area contributed by atoms with Gasteiger partial charge in [-0.3, -0.25) is 28.2 Å². The molecular weight excluding hydrogens is 454 g/mol. The maximum Gasteiger partial charge on any atom is 0.332 e. The molecule has 0 aliphatic rings. The summed E-state index contributed by atoms with van der Waals surface area (Å²) in [5.74, 6) is -0.0918. The van der Waals surface area contributed by atoms with Gasteiger partial charge in [0.05, 0.1) is 11.8 Å². The first kappa shape index (κ1) is 23.8. The topological polar surface area (TPSA) is 121 Å². The number of rotatable bonds is 7. The SMILES string of the molecule is C[C@H](c1nnc(SCC(=O)c2c(N)n(C)c(=O)n(C)c2=O)n1-c1ccc(Cl)cc1)N(C)C. The van der Waals surface area contributed by atoms with Gasteiger partial charge >= 0.3 is 5.69 Å². The summed E-state index contributed by atoms with van der Waals surface area (Å²) in [6, 6.07) is 7.13. The van der Waals surface area contributed by atoms with E-state index in [2.05, 4.69) is 10.2 Å². The van der Waals surface area contributed by atoms with E-state index in [9.17, 15) is 14.4 Å². The van der Waals surface area contributed by atoms with Crippen molar-refractivity contribution in [3.8, 4) is 5.69 Å². The summed E-state index contributed by atoms with van der Waals surface area (Å²) in [5, 5.41) is 9.67. The molecule has 0 bridgehead atoms. The fraction of sp³-hybridized carbons (Fsp3) is 0.350. The first-order valence-electron chi connectivity index (χ1n) is 9.63. The van der Waals surface area contributed by atoms with Crippen LogP contribution in [0.15, 0.2) is 39.0 Å². The molecule has 3 rings (SSSR count). The van der Waals surface area contributed by atoms with Crippen LogP contribution in [-0.4, -0.2) is 54.4 Å². The number of anilines is 1. The molecule has 2 aromatic heterocycles. The molecule has 0 spiro atoms. The molecule has 0 saturated carbocycles. The molecule has 0 saturated heterocycles. The summed E-state index contributed by atoms with van der Waals surface area (Å²) >= 11 is 7.17. The number of ketones is 1. The predicted octanol–water partition coefficient (Wildman–Crippen LogP) is 1.50. The number of aromatic nitrogens is 5.